The zero-order valence-corrected chi connectivity index (χ0v) is 9.80. The van der Waals surface area contributed by atoms with Crippen LogP contribution in [0.2, 0.25) is 0 Å². The van der Waals surface area contributed by atoms with E-state index < -0.39 is 0 Å². The maximum absolute atomic E-state index is 3.61. The fraction of sp³-hybridized carbons (Fsp3) is 0.500. The van der Waals surface area contributed by atoms with E-state index in [1.165, 1.54) is 19.3 Å². The van der Waals surface area contributed by atoms with Gasteiger partial charge in [0, 0.05) is 26.2 Å². The van der Waals surface area contributed by atoms with Crippen molar-refractivity contribution in [3.63, 3.8) is 0 Å². The molecule has 0 heterocycles. The third-order valence-electron chi connectivity index (χ3n) is 1.33. The van der Waals surface area contributed by atoms with Gasteiger partial charge in [0.2, 0.25) is 0 Å². The summed E-state index contributed by atoms with van der Waals surface area (Å²) in [6.45, 7) is 5.82. The first-order valence-corrected chi connectivity index (χ1v) is 4.01. The molecule has 0 saturated heterocycles. The molecule has 0 aliphatic carbocycles. The Labute approximate surface area is 89.9 Å². The van der Waals surface area contributed by atoms with Crippen LogP contribution < -0.4 is 0 Å². The topological polar surface area (TPSA) is 0 Å². The molecule has 11 heavy (non-hydrogen) atoms. The molecular weight excluding hydrogens is 211 g/mol. The van der Waals surface area contributed by atoms with E-state index in [0.29, 0.717) is 0 Å². The van der Waals surface area contributed by atoms with Gasteiger partial charge in [-0.15, -0.1) is 6.08 Å². The molecule has 1 heteroatoms. The van der Waals surface area contributed by atoms with Crippen LogP contribution in [0.25, 0.3) is 0 Å². The molecular formula is C10H17Zr-. The van der Waals surface area contributed by atoms with E-state index in [4.69, 9.17) is 0 Å². The van der Waals surface area contributed by atoms with Gasteiger partial charge in [-0.3, -0.25) is 0 Å². The fourth-order valence-electron chi connectivity index (χ4n) is 0.711. The average Bonchev–Trinajstić information content (AvgIpc) is 1.97. The first kappa shape index (κ1) is 13.8. The van der Waals surface area contributed by atoms with Crippen LogP contribution in [-0.2, 0) is 26.2 Å². The van der Waals surface area contributed by atoms with Crippen LogP contribution in [0.3, 0.4) is 0 Å². The quantitative estimate of drug-likeness (QED) is 0.384. The smallest absolute Gasteiger partial charge is 0 e. The minimum Gasteiger partial charge on any atom is -0.245 e. The maximum Gasteiger partial charge on any atom is 0 e. The second kappa shape index (κ2) is 12.9. The van der Waals surface area contributed by atoms with Gasteiger partial charge in [0.15, 0.2) is 0 Å². The number of rotatable bonds is 5. The fourth-order valence-corrected chi connectivity index (χ4v) is 0.711. The van der Waals surface area contributed by atoms with Gasteiger partial charge in [0.05, 0.1) is 0 Å². The van der Waals surface area contributed by atoms with Crippen LogP contribution in [0.5, 0.6) is 0 Å². The molecule has 0 spiro atoms. The van der Waals surface area contributed by atoms with E-state index in [0.717, 1.165) is 6.42 Å². The van der Waals surface area contributed by atoms with Crippen molar-refractivity contribution in [3.05, 3.63) is 31.2 Å². The second-order valence-electron chi connectivity index (χ2n) is 2.32. The Morgan fingerprint density at radius 3 is 2.45 bits per heavy atom. The average molecular weight is 228 g/mol. The third kappa shape index (κ3) is 13.3. The molecule has 0 aromatic rings. The first-order valence-electron chi connectivity index (χ1n) is 4.01. The SMILES string of the molecule is [CH2-]C=CCC=CCCCC.[Zr]. The number of hydrogen-bond donors (Lipinski definition) is 0. The van der Waals surface area contributed by atoms with E-state index in [2.05, 4.69) is 32.1 Å². The monoisotopic (exact) mass is 227 g/mol. The Bertz CT molecular complexity index is 103. The van der Waals surface area contributed by atoms with Crippen molar-refractivity contribution in [1.82, 2.24) is 0 Å². The van der Waals surface area contributed by atoms with E-state index in [-0.39, 0.29) is 26.2 Å². The molecule has 0 rings (SSSR count). The van der Waals surface area contributed by atoms with Gasteiger partial charge in [-0.25, -0.2) is 19.1 Å². The third-order valence-corrected chi connectivity index (χ3v) is 1.33. The molecule has 0 N–H and O–H groups in total. The summed E-state index contributed by atoms with van der Waals surface area (Å²) >= 11 is 0. The van der Waals surface area contributed by atoms with Gasteiger partial charge < -0.3 is 0 Å². The largest absolute Gasteiger partial charge is 0.245 e. The Balaban J connectivity index is 0. The van der Waals surface area contributed by atoms with Crippen LogP contribution in [-0.4, -0.2) is 0 Å². The molecule has 0 fully saturated rings. The van der Waals surface area contributed by atoms with Crippen molar-refractivity contribution in [2.75, 3.05) is 0 Å². The van der Waals surface area contributed by atoms with Crippen molar-refractivity contribution < 1.29 is 26.2 Å². The van der Waals surface area contributed by atoms with Gasteiger partial charge in [0.25, 0.3) is 0 Å². The molecule has 0 unspecified atom stereocenters. The van der Waals surface area contributed by atoms with E-state index in [9.17, 15) is 0 Å². The number of hydrogen-bond acceptors (Lipinski definition) is 0. The summed E-state index contributed by atoms with van der Waals surface area (Å²) in [5.41, 5.74) is 0. The molecule has 0 radical (unpaired) electrons. The summed E-state index contributed by atoms with van der Waals surface area (Å²) in [5.74, 6) is 0. The summed E-state index contributed by atoms with van der Waals surface area (Å²) in [7, 11) is 0. The maximum atomic E-state index is 3.61. The summed E-state index contributed by atoms with van der Waals surface area (Å²) in [6.07, 6.45) is 13.2. The molecule has 0 atom stereocenters. The molecule has 0 bridgehead atoms. The molecule has 0 aromatic carbocycles. The van der Waals surface area contributed by atoms with Gasteiger partial charge in [-0.2, -0.15) is 0 Å². The van der Waals surface area contributed by atoms with Crippen molar-refractivity contribution in [2.24, 2.45) is 0 Å². The Morgan fingerprint density at radius 1 is 1.18 bits per heavy atom. The summed E-state index contributed by atoms with van der Waals surface area (Å²) in [4.78, 5) is 0. The van der Waals surface area contributed by atoms with Crippen LogP contribution in [0, 0.1) is 6.92 Å². The second-order valence-corrected chi connectivity index (χ2v) is 2.32. The molecule has 0 nitrogen and oxygen atoms in total. The summed E-state index contributed by atoms with van der Waals surface area (Å²) < 4.78 is 0. The standard InChI is InChI=1S/C10H17.Zr/c1-3-5-7-9-10-8-6-4-2;/h3,5,9-10H,1,4,6-8H2,2H3;/q-1;. The van der Waals surface area contributed by atoms with Gasteiger partial charge in [-0.05, 0) is 6.42 Å². The van der Waals surface area contributed by atoms with Crippen LogP contribution >= 0.6 is 0 Å². The van der Waals surface area contributed by atoms with E-state index in [1.807, 2.05) is 6.08 Å². The molecule has 0 aliphatic rings. The molecule has 0 aliphatic heterocycles. The normalized spacial score (nSPS) is 10.6. The van der Waals surface area contributed by atoms with Crippen molar-refractivity contribution >= 4 is 0 Å². The predicted octanol–water partition coefficient (Wildman–Crippen LogP) is 3.51. The zero-order valence-electron chi connectivity index (χ0n) is 7.34. The molecule has 0 saturated carbocycles. The van der Waals surface area contributed by atoms with E-state index in [1.54, 1.807) is 0 Å². The van der Waals surface area contributed by atoms with Crippen molar-refractivity contribution in [2.45, 2.75) is 32.6 Å². The molecule has 62 valence electrons. The van der Waals surface area contributed by atoms with Gasteiger partial charge >= 0.3 is 0 Å². The van der Waals surface area contributed by atoms with Gasteiger partial charge in [-0.1, -0.05) is 32.3 Å². The minimum absolute atomic E-state index is 0. The zero-order chi connectivity index (χ0) is 7.66. The Kier molecular flexibility index (Phi) is 16.1. The van der Waals surface area contributed by atoms with Crippen LogP contribution in [0.15, 0.2) is 24.3 Å². The van der Waals surface area contributed by atoms with Crippen LogP contribution in [0.1, 0.15) is 32.6 Å². The van der Waals surface area contributed by atoms with Crippen molar-refractivity contribution in [1.29, 1.82) is 0 Å². The van der Waals surface area contributed by atoms with Crippen LogP contribution in [0.4, 0.5) is 0 Å². The molecule has 0 amide bonds. The first-order chi connectivity index (χ1) is 4.91. The summed E-state index contributed by atoms with van der Waals surface area (Å²) in [6, 6.07) is 0. The molecule has 0 aromatic heterocycles. The van der Waals surface area contributed by atoms with Gasteiger partial charge in [0.1, 0.15) is 0 Å². The number of unbranched alkanes of at least 4 members (excludes halogenated alkanes) is 2. The Morgan fingerprint density at radius 2 is 1.91 bits per heavy atom. The number of allylic oxidation sites excluding steroid dienone is 4. The van der Waals surface area contributed by atoms with Crippen molar-refractivity contribution in [3.8, 4) is 0 Å². The minimum atomic E-state index is 0. The van der Waals surface area contributed by atoms with E-state index >= 15 is 0 Å². The summed E-state index contributed by atoms with van der Waals surface area (Å²) in [5, 5.41) is 0. The predicted molar refractivity (Wildman–Crippen MR) is 47.8 cm³/mol. The Hall–Kier alpha value is 0.233.